The summed E-state index contributed by atoms with van der Waals surface area (Å²) in [6, 6.07) is 0. The van der Waals surface area contributed by atoms with Gasteiger partial charge in [-0.15, -0.1) is 0 Å². The largest absolute Gasteiger partial charge is 0.484 e. The van der Waals surface area contributed by atoms with Crippen molar-refractivity contribution in [2.24, 2.45) is 17.2 Å². The van der Waals surface area contributed by atoms with E-state index in [1.54, 1.807) is 0 Å². The third-order valence-corrected chi connectivity index (χ3v) is 2.72. The van der Waals surface area contributed by atoms with Gasteiger partial charge in [0.2, 0.25) is 0 Å². The van der Waals surface area contributed by atoms with Gasteiger partial charge in [-0.05, 0) is 13.8 Å². The molecule has 0 aliphatic heterocycles. The van der Waals surface area contributed by atoms with Crippen molar-refractivity contribution in [2.75, 3.05) is 19.8 Å². The van der Waals surface area contributed by atoms with Crippen molar-refractivity contribution < 1.29 is 13.3 Å². The number of nitrogens with two attached hydrogens (primary N) is 3. The Bertz CT molecular complexity index is 125. The highest BCUT2D eigenvalue weighted by atomic mass is 28.3. The summed E-state index contributed by atoms with van der Waals surface area (Å²) in [6.07, 6.45) is 0. The van der Waals surface area contributed by atoms with Gasteiger partial charge >= 0.3 is 9.53 Å². The first-order valence-corrected chi connectivity index (χ1v) is 5.62. The molecule has 0 saturated heterocycles. The summed E-state index contributed by atoms with van der Waals surface area (Å²) in [5.41, 5.74) is 16.0. The molecule has 6 nitrogen and oxygen atoms in total. The second-order valence-electron chi connectivity index (χ2n) is 2.62. The van der Waals surface area contributed by atoms with Crippen LogP contribution in [-0.2, 0) is 13.3 Å². The lowest BCUT2D eigenvalue weighted by Gasteiger charge is -2.22. The molecule has 6 N–H and O–H groups in total. The summed E-state index contributed by atoms with van der Waals surface area (Å²) < 4.78 is 15.6. The van der Waals surface area contributed by atoms with Crippen LogP contribution in [0.2, 0.25) is 0 Å². The highest BCUT2D eigenvalue weighted by Crippen LogP contribution is 1.94. The fourth-order valence-electron chi connectivity index (χ4n) is 0.629. The van der Waals surface area contributed by atoms with Crippen LogP contribution in [0.5, 0.6) is 0 Å². The summed E-state index contributed by atoms with van der Waals surface area (Å²) in [5, 5.41) is 0. The lowest BCUT2D eigenvalue weighted by molar-refractivity contribution is 0.0821. The molecule has 0 unspecified atom stereocenters. The van der Waals surface area contributed by atoms with Gasteiger partial charge in [0.15, 0.2) is 0 Å². The van der Waals surface area contributed by atoms with Crippen LogP contribution in [-0.4, -0.2) is 35.1 Å². The highest BCUT2D eigenvalue weighted by molar-refractivity contribution is 6.36. The van der Waals surface area contributed by atoms with E-state index in [4.69, 9.17) is 30.5 Å². The maximum Gasteiger partial charge on any atom is 0.484 e. The van der Waals surface area contributed by atoms with Crippen molar-refractivity contribution >= 4 is 9.53 Å². The Morgan fingerprint density at radius 2 is 1.46 bits per heavy atom. The lowest BCUT2D eigenvalue weighted by atomic mass is 10.4. The van der Waals surface area contributed by atoms with Crippen molar-refractivity contribution in [1.29, 1.82) is 0 Å². The van der Waals surface area contributed by atoms with Gasteiger partial charge in [0.05, 0.1) is 6.61 Å². The van der Waals surface area contributed by atoms with Gasteiger partial charge in [0, 0.05) is 13.2 Å². The fraction of sp³-hybridized carbons (Fsp3) is 1.00. The Hall–Kier alpha value is -0.0231. The van der Waals surface area contributed by atoms with Crippen LogP contribution in [0.1, 0.15) is 13.8 Å². The van der Waals surface area contributed by atoms with Crippen LogP contribution in [0.25, 0.3) is 0 Å². The van der Waals surface area contributed by atoms with E-state index in [1.807, 2.05) is 13.8 Å². The Balaban J connectivity index is 3.68. The van der Waals surface area contributed by atoms with E-state index in [1.165, 1.54) is 0 Å². The van der Waals surface area contributed by atoms with Crippen LogP contribution in [0.3, 0.4) is 0 Å². The topological polar surface area (TPSA) is 106 Å². The molecule has 0 aromatic carbocycles. The molecule has 0 bridgehead atoms. The molecule has 0 radical (unpaired) electrons. The van der Waals surface area contributed by atoms with Gasteiger partial charge in [-0.1, -0.05) is 0 Å². The van der Waals surface area contributed by atoms with E-state index >= 15 is 0 Å². The van der Waals surface area contributed by atoms with Crippen LogP contribution >= 0.6 is 0 Å². The van der Waals surface area contributed by atoms with Crippen LogP contribution in [0.15, 0.2) is 0 Å². The van der Waals surface area contributed by atoms with Gasteiger partial charge in [-0.25, -0.2) is 0 Å². The second-order valence-corrected chi connectivity index (χ2v) is 4.20. The maximum atomic E-state index is 5.32. The Labute approximate surface area is 80.3 Å². The smallest absolute Gasteiger partial charge is 0.376 e. The molecule has 0 saturated carbocycles. The summed E-state index contributed by atoms with van der Waals surface area (Å²) in [7, 11) is -2.07. The van der Waals surface area contributed by atoms with Crippen LogP contribution < -0.4 is 17.2 Å². The van der Waals surface area contributed by atoms with Crippen LogP contribution in [0.4, 0.5) is 0 Å². The SMILES string of the molecule is CCO[SiH](OCC)OCC(N)(N)N. The van der Waals surface area contributed by atoms with Crippen molar-refractivity contribution in [2.45, 2.75) is 19.6 Å². The lowest BCUT2D eigenvalue weighted by Crippen LogP contribution is -2.62. The first-order chi connectivity index (χ1) is 5.99. The highest BCUT2D eigenvalue weighted by Gasteiger charge is 2.19. The summed E-state index contributed by atoms with van der Waals surface area (Å²) >= 11 is 0. The van der Waals surface area contributed by atoms with E-state index in [9.17, 15) is 0 Å². The van der Waals surface area contributed by atoms with E-state index in [2.05, 4.69) is 0 Å². The molecule has 0 aromatic heterocycles. The minimum absolute atomic E-state index is 0.0316. The van der Waals surface area contributed by atoms with Gasteiger partial charge in [-0.2, -0.15) is 0 Å². The number of rotatable bonds is 7. The number of hydrogen-bond donors (Lipinski definition) is 3. The van der Waals surface area contributed by atoms with E-state index in [0.29, 0.717) is 13.2 Å². The minimum atomic E-state index is -2.07. The average molecular weight is 209 g/mol. The van der Waals surface area contributed by atoms with Crippen molar-refractivity contribution in [3.8, 4) is 0 Å². The van der Waals surface area contributed by atoms with Gasteiger partial charge < -0.3 is 13.3 Å². The molecule has 0 aromatic rings. The molecule has 0 rings (SSSR count). The van der Waals surface area contributed by atoms with Gasteiger partial charge in [0.25, 0.3) is 0 Å². The predicted octanol–water partition coefficient (Wildman–Crippen LogP) is -1.68. The zero-order chi connectivity index (χ0) is 10.3. The first kappa shape index (κ1) is 13.0. The number of hydrogen-bond acceptors (Lipinski definition) is 6. The molecule has 80 valence electrons. The molecule has 0 spiro atoms. The standard InChI is InChI=1S/C6H19N3O3Si/c1-3-10-13(11-4-2)12-5-6(7,8)9/h13H,3-5,7-9H2,1-2H3. The Kier molecular flexibility index (Phi) is 6.42. The average Bonchev–Trinajstić information content (AvgIpc) is 2.00. The molecule has 0 fully saturated rings. The van der Waals surface area contributed by atoms with Crippen LogP contribution in [0, 0.1) is 0 Å². The fourth-order valence-corrected chi connectivity index (χ4v) is 1.89. The van der Waals surface area contributed by atoms with Gasteiger partial charge in [-0.3, -0.25) is 17.2 Å². The minimum Gasteiger partial charge on any atom is -0.376 e. The van der Waals surface area contributed by atoms with Crippen molar-refractivity contribution in [3.05, 3.63) is 0 Å². The zero-order valence-corrected chi connectivity index (χ0v) is 9.31. The third kappa shape index (κ3) is 8.31. The van der Waals surface area contributed by atoms with E-state index < -0.39 is 15.3 Å². The quantitative estimate of drug-likeness (QED) is 0.342. The molecule has 0 atom stereocenters. The Morgan fingerprint density at radius 3 is 1.77 bits per heavy atom. The molecule has 7 heteroatoms. The van der Waals surface area contributed by atoms with E-state index in [-0.39, 0.29) is 6.61 Å². The molecular weight excluding hydrogens is 190 g/mol. The summed E-state index contributed by atoms with van der Waals surface area (Å²) in [6.45, 7) is 4.85. The second kappa shape index (κ2) is 6.43. The monoisotopic (exact) mass is 209 g/mol. The van der Waals surface area contributed by atoms with Gasteiger partial charge in [0.1, 0.15) is 5.79 Å². The summed E-state index contributed by atoms with van der Waals surface area (Å²) in [5.74, 6) is -1.32. The molecular formula is C6H19N3O3Si. The molecule has 13 heavy (non-hydrogen) atoms. The van der Waals surface area contributed by atoms with Crippen molar-refractivity contribution in [1.82, 2.24) is 0 Å². The maximum absolute atomic E-state index is 5.32. The zero-order valence-electron chi connectivity index (χ0n) is 8.16. The normalized spacial score (nSPS) is 12.5. The molecule has 0 aliphatic carbocycles. The third-order valence-electron chi connectivity index (χ3n) is 1.07. The van der Waals surface area contributed by atoms with Crippen molar-refractivity contribution in [3.63, 3.8) is 0 Å². The molecule has 0 amide bonds. The summed E-state index contributed by atoms with van der Waals surface area (Å²) in [4.78, 5) is 0. The molecule has 0 aliphatic rings. The Morgan fingerprint density at radius 1 is 1.00 bits per heavy atom. The first-order valence-electron chi connectivity index (χ1n) is 4.21. The predicted molar refractivity (Wildman–Crippen MR) is 51.6 cm³/mol. The van der Waals surface area contributed by atoms with E-state index in [0.717, 1.165) is 0 Å². The molecule has 0 heterocycles.